The largest absolute Gasteiger partial charge is 0.336 e. The molecule has 5 nitrogen and oxygen atoms in total. The summed E-state index contributed by atoms with van der Waals surface area (Å²) in [6.45, 7) is 8.06. The molecule has 1 aliphatic rings. The lowest BCUT2D eigenvalue weighted by molar-refractivity contribution is -0.155. The topological polar surface area (TPSA) is 52.6 Å². The Hall–Kier alpha value is -1.10. The van der Waals surface area contributed by atoms with E-state index in [9.17, 15) is 9.59 Å². The normalized spacial score (nSPS) is 18.8. The fourth-order valence-corrected chi connectivity index (χ4v) is 1.91. The van der Waals surface area contributed by atoms with Gasteiger partial charge in [-0.3, -0.25) is 9.59 Å². The van der Waals surface area contributed by atoms with Crippen molar-refractivity contribution in [2.75, 3.05) is 39.8 Å². The van der Waals surface area contributed by atoms with Gasteiger partial charge in [0.25, 0.3) is 0 Å². The van der Waals surface area contributed by atoms with Crippen LogP contribution in [-0.4, -0.2) is 61.4 Å². The van der Waals surface area contributed by atoms with E-state index in [1.165, 1.54) is 4.90 Å². The molecule has 0 aromatic rings. The van der Waals surface area contributed by atoms with Gasteiger partial charge in [-0.05, 0) is 25.4 Å². The first-order valence-electron chi connectivity index (χ1n) is 6.31. The Morgan fingerprint density at radius 1 is 1.29 bits per heavy atom. The van der Waals surface area contributed by atoms with E-state index in [1.807, 2.05) is 0 Å². The van der Waals surface area contributed by atoms with Crippen LogP contribution < -0.4 is 5.32 Å². The van der Waals surface area contributed by atoms with Crippen molar-refractivity contribution in [3.8, 4) is 0 Å². The van der Waals surface area contributed by atoms with Crippen molar-refractivity contribution in [2.24, 2.45) is 5.92 Å². The summed E-state index contributed by atoms with van der Waals surface area (Å²) >= 11 is 0. The summed E-state index contributed by atoms with van der Waals surface area (Å²) in [7, 11) is 1.67. The summed E-state index contributed by atoms with van der Waals surface area (Å²) in [5, 5.41) is 3.33. The Morgan fingerprint density at radius 3 is 2.65 bits per heavy atom. The molecular weight excluding hydrogens is 218 g/mol. The molecule has 1 saturated heterocycles. The second kappa shape index (κ2) is 6.59. The van der Waals surface area contributed by atoms with Gasteiger partial charge in [0.2, 0.25) is 0 Å². The molecule has 1 unspecified atom stereocenters. The highest BCUT2D eigenvalue weighted by Crippen LogP contribution is 2.06. The van der Waals surface area contributed by atoms with Gasteiger partial charge in [-0.25, -0.2) is 0 Å². The summed E-state index contributed by atoms with van der Waals surface area (Å²) in [4.78, 5) is 26.4. The molecule has 0 saturated carbocycles. The highest BCUT2D eigenvalue weighted by Gasteiger charge is 2.30. The smallest absolute Gasteiger partial charge is 0.312 e. The van der Waals surface area contributed by atoms with Crippen LogP contribution in [0.2, 0.25) is 0 Å². The van der Waals surface area contributed by atoms with E-state index in [1.54, 1.807) is 11.9 Å². The molecule has 1 aliphatic heterocycles. The quantitative estimate of drug-likeness (QED) is 0.523. The Kier molecular flexibility index (Phi) is 5.41. The third kappa shape index (κ3) is 4.00. The van der Waals surface area contributed by atoms with Crippen LogP contribution in [0.15, 0.2) is 0 Å². The lowest BCUT2D eigenvalue weighted by Crippen LogP contribution is -2.54. The van der Waals surface area contributed by atoms with Crippen molar-refractivity contribution >= 4 is 11.8 Å². The Labute approximate surface area is 103 Å². The first-order chi connectivity index (χ1) is 8.06. The van der Waals surface area contributed by atoms with Gasteiger partial charge in [0.05, 0.1) is 0 Å². The standard InChI is InChI=1S/C12H23N3O2/c1-4-5-13-8-10(2)9-15-7-6-14(3)11(16)12(15)17/h10,13H,4-9H2,1-3H3. The monoisotopic (exact) mass is 241 g/mol. The minimum atomic E-state index is -0.384. The maximum absolute atomic E-state index is 11.7. The molecular formula is C12H23N3O2. The first-order valence-corrected chi connectivity index (χ1v) is 6.31. The van der Waals surface area contributed by atoms with Crippen LogP contribution in [0, 0.1) is 5.92 Å². The predicted molar refractivity (Wildman–Crippen MR) is 66.5 cm³/mol. The lowest BCUT2D eigenvalue weighted by Gasteiger charge is -2.33. The summed E-state index contributed by atoms with van der Waals surface area (Å²) in [5.41, 5.74) is 0. The lowest BCUT2D eigenvalue weighted by atomic mass is 10.1. The SMILES string of the molecule is CCCNCC(C)CN1CCN(C)C(=O)C1=O. The maximum Gasteiger partial charge on any atom is 0.312 e. The zero-order chi connectivity index (χ0) is 12.8. The van der Waals surface area contributed by atoms with Gasteiger partial charge in [0.15, 0.2) is 0 Å². The number of amides is 2. The predicted octanol–water partition coefficient (Wildman–Crippen LogP) is -0.0773. The summed E-state index contributed by atoms with van der Waals surface area (Å²) in [6, 6.07) is 0. The molecule has 17 heavy (non-hydrogen) atoms. The molecule has 0 radical (unpaired) electrons. The van der Waals surface area contributed by atoms with Crippen molar-refractivity contribution in [3.63, 3.8) is 0 Å². The number of carbonyl (C=O) groups excluding carboxylic acids is 2. The molecule has 0 spiro atoms. The number of nitrogens with zero attached hydrogens (tertiary/aromatic N) is 2. The molecule has 1 heterocycles. The molecule has 98 valence electrons. The van der Waals surface area contributed by atoms with Crippen molar-refractivity contribution in [1.82, 2.24) is 15.1 Å². The summed E-state index contributed by atoms with van der Waals surface area (Å²) in [5.74, 6) is -0.368. The number of hydrogen-bond donors (Lipinski definition) is 1. The number of carbonyl (C=O) groups is 2. The van der Waals surface area contributed by atoms with E-state index in [4.69, 9.17) is 0 Å². The molecule has 0 aromatic carbocycles. The number of likely N-dealkylation sites (N-methyl/N-ethyl adjacent to an activating group) is 1. The van der Waals surface area contributed by atoms with Crippen molar-refractivity contribution < 1.29 is 9.59 Å². The minimum absolute atomic E-state index is 0.360. The minimum Gasteiger partial charge on any atom is -0.336 e. The highest BCUT2D eigenvalue weighted by molar-refractivity contribution is 6.35. The fourth-order valence-electron chi connectivity index (χ4n) is 1.91. The fraction of sp³-hybridized carbons (Fsp3) is 0.833. The van der Waals surface area contributed by atoms with Crippen LogP contribution in [0.5, 0.6) is 0 Å². The average Bonchev–Trinajstić information content (AvgIpc) is 2.30. The van der Waals surface area contributed by atoms with Crippen molar-refractivity contribution in [3.05, 3.63) is 0 Å². The number of nitrogens with one attached hydrogen (secondary N) is 1. The summed E-state index contributed by atoms with van der Waals surface area (Å²) < 4.78 is 0. The van der Waals surface area contributed by atoms with Crippen LogP contribution in [0.1, 0.15) is 20.3 Å². The molecule has 0 aromatic heterocycles. The Bertz CT molecular complexity index is 281. The van der Waals surface area contributed by atoms with E-state index in [2.05, 4.69) is 19.2 Å². The second-order valence-corrected chi connectivity index (χ2v) is 4.79. The van der Waals surface area contributed by atoms with Crippen LogP contribution in [0.4, 0.5) is 0 Å². The van der Waals surface area contributed by atoms with Crippen molar-refractivity contribution in [2.45, 2.75) is 20.3 Å². The molecule has 0 bridgehead atoms. The molecule has 1 rings (SSSR count). The highest BCUT2D eigenvalue weighted by atomic mass is 16.2. The molecule has 5 heteroatoms. The van der Waals surface area contributed by atoms with E-state index < -0.39 is 0 Å². The van der Waals surface area contributed by atoms with E-state index in [-0.39, 0.29) is 11.8 Å². The Morgan fingerprint density at radius 2 is 2.00 bits per heavy atom. The van der Waals surface area contributed by atoms with Gasteiger partial charge in [-0.2, -0.15) is 0 Å². The van der Waals surface area contributed by atoms with Crippen LogP contribution in [0.3, 0.4) is 0 Å². The van der Waals surface area contributed by atoms with Gasteiger partial charge in [-0.1, -0.05) is 13.8 Å². The molecule has 1 fully saturated rings. The van der Waals surface area contributed by atoms with Crippen molar-refractivity contribution in [1.29, 1.82) is 0 Å². The van der Waals surface area contributed by atoms with Gasteiger partial charge in [0.1, 0.15) is 0 Å². The third-order valence-corrected chi connectivity index (χ3v) is 2.97. The van der Waals surface area contributed by atoms with E-state index in [0.717, 1.165) is 19.5 Å². The number of hydrogen-bond acceptors (Lipinski definition) is 3. The first kappa shape index (κ1) is 14.0. The van der Waals surface area contributed by atoms with Gasteiger partial charge in [-0.15, -0.1) is 0 Å². The van der Waals surface area contributed by atoms with E-state index >= 15 is 0 Å². The molecule has 1 N–H and O–H groups in total. The zero-order valence-electron chi connectivity index (χ0n) is 11.0. The average molecular weight is 241 g/mol. The summed E-state index contributed by atoms with van der Waals surface area (Å²) in [6.07, 6.45) is 1.11. The molecule has 1 atom stereocenters. The second-order valence-electron chi connectivity index (χ2n) is 4.79. The van der Waals surface area contributed by atoms with Gasteiger partial charge >= 0.3 is 11.8 Å². The molecule has 0 aliphatic carbocycles. The van der Waals surface area contributed by atoms with Gasteiger partial charge < -0.3 is 15.1 Å². The van der Waals surface area contributed by atoms with Crippen LogP contribution in [-0.2, 0) is 9.59 Å². The maximum atomic E-state index is 11.7. The van der Waals surface area contributed by atoms with Gasteiger partial charge in [0, 0.05) is 26.7 Å². The molecule has 2 amide bonds. The third-order valence-electron chi connectivity index (χ3n) is 2.97. The van der Waals surface area contributed by atoms with Crippen LogP contribution in [0.25, 0.3) is 0 Å². The Balaban J connectivity index is 2.35. The zero-order valence-corrected chi connectivity index (χ0v) is 11.0. The van der Waals surface area contributed by atoms with Crippen LogP contribution >= 0.6 is 0 Å². The number of rotatable bonds is 6. The van der Waals surface area contributed by atoms with E-state index in [0.29, 0.717) is 25.6 Å². The number of piperazine rings is 1.